The Kier molecular flexibility index (Phi) is 7.30. The summed E-state index contributed by atoms with van der Waals surface area (Å²) in [7, 11) is 2.38. The largest absolute Gasteiger partial charge is 0.465 e. The second kappa shape index (κ2) is 10.7. The molecule has 36 heavy (non-hydrogen) atoms. The Morgan fingerprint density at radius 2 is 1.31 bits per heavy atom. The lowest BCUT2D eigenvalue weighted by Gasteiger charge is -2.44. The molecule has 182 valence electrons. The van der Waals surface area contributed by atoms with Crippen LogP contribution in [0.2, 0.25) is 0 Å². The summed E-state index contributed by atoms with van der Waals surface area (Å²) in [6.07, 6.45) is 2.88. The lowest BCUT2D eigenvalue weighted by atomic mass is 10.0. The minimum absolute atomic E-state index is 0.188. The Morgan fingerprint density at radius 1 is 0.750 bits per heavy atom. The highest BCUT2D eigenvalue weighted by atomic mass is 16.5. The molecule has 1 aliphatic rings. The number of amides is 1. The molecule has 0 radical (unpaired) electrons. The Hall–Kier alpha value is -4.65. The summed E-state index contributed by atoms with van der Waals surface area (Å²) in [5.41, 5.74) is 2.47. The van der Waals surface area contributed by atoms with E-state index in [1.807, 2.05) is 79.7 Å². The number of para-hydroxylation sites is 1. The number of aryl methyl sites for hydroxylation is 1. The first-order valence-electron chi connectivity index (χ1n) is 11.3. The molecule has 1 heterocycles. The SMILES string of the molecule is COC(=O)C1=C(C(=O)OC)N(c2ccccc2)C(/C=C/c2ccccc2)N(c2ccc(C)cc2)C1=O. The van der Waals surface area contributed by atoms with E-state index in [1.165, 1.54) is 19.1 Å². The van der Waals surface area contributed by atoms with E-state index >= 15 is 0 Å². The topological polar surface area (TPSA) is 76.2 Å². The molecule has 3 aromatic carbocycles. The van der Waals surface area contributed by atoms with E-state index in [2.05, 4.69) is 0 Å². The van der Waals surface area contributed by atoms with Crippen molar-refractivity contribution < 1.29 is 23.9 Å². The number of esters is 2. The molecule has 4 rings (SSSR count). The summed E-state index contributed by atoms with van der Waals surface area (Å²) in [5.74, 6) is -2.42. The zero-order valence-electron chi connectivity index (χ0n) is 20.3. The van der Waals surface area contributed by atoms with Gasteiger partial charge < -0.3 is 14.4 Å². The predicted octanol–water partition coefficient (Wildman–Crippen LogP) is 4.49. The van der Waals surface area contributed by atoms with Crippen LogP contribution in [0, 0.1) is 6.92 Å². The molecule has 1 unspecified atom stereocenters. The second-order valence-corrected chi connectivity index (χ2v) is 8.11. The van der Waals surface area contributed by atoms with Crippen LogP contribution in [-0.4, -0.2) is 38.2 Å². The lowest BCUT2D eigenvalue weighted by molar-refractivity contribution is -0.141. The molecule has 0 aromatic heterocycles. The first-order valence-corrected chi connectivity index (χ1v) is 11.3. The van der Waals surface area contributed by atoms with Crippen molar-refractivity contribution in [2.45, 2.75) is 13.1 Å². The predicted molar refractivity (Wildman–Crippen MR) is 138 cm³/mol. The number of rotatable bonds is 6. The third-order valence-electron chi connectivity index (χ3n) is 5.81. The van der Waals surface area contributed by atoms with Gasteiger partial charge in [-0.1, -0.05) is 72.3 Å². The molecular formula is C29H26N2O5. The highest BCUT2D eigenvalue weighted by molar-refractivity contribution is 6.28. The average molecular weight is 483 g/mol. The van der Waals surface area contributed by atoms with Crippen LogP contribution >= 0.6 is 0 Å². The Morgan fingerprint density at radius 3 is 1.89 bits per heavy atom. The maximum atomic E-state index is 13.9. The number of anilines is 2. The molecule has 0 aliphatic carbocycles. The van der Waals surface area contributed by atoms with E-state index in [9.17, 15) is 14.4 Å². The fraction of sp³-hybridized carbons (Fsp3) is 0.138. The number of methoxy groups -OCH3 is 2. The van der Waals surface area contributed by atoms with Gasteiger partial charge in [-0.3, -0.25) is 9.69 Å². The molecule has 1 amide bonds. The fourth-order valence-corrected chi connectivity index (χ4v) is 4.07. The zero-order valence-corrected chi connectivity index (χ0v) is 20.3. The summed E-state index contributed by atoms with van der Waals surface area (Å²) in [6, 6.07) is 26.0. The standard InChI is InChI=1S/C29H26N2O5/c1-20-14-17-23(18-15-20)31-24(19-16-21-10-6-4-7-11-21)30(22-12-8-5-9-13-22)26(29(34)36-3)25(27(31)32)28(33)35-2/h4-19,24H,1-3H3/b19-16+. The van der Waals surface area contributed by atoms with E-state index < -0.39 is 29.6 Å². The summed E-state index contributed by atoms with van der Waals surface area (Å²) >= 11 is 0. The Balaban J connectivity index is 2.02. The van der Waals surface area contributed by atoms with Gasteiger partial charge in [0.2, 0.25) is 0 Å². The van der Waals surface area contributed by atoms with Crippen molar-refractivity contribution >= 4 is 35.3 Å². The molecule has 7 nitrogen and oxygen atoms in total. The molecule has 0 saturated carbocycles. The summed E-state index contributed by atoms with van der Waals surface area (Å²) in [5, 5.41) is 0. The van der Waals surface area contributed by atoms with Crippen LogP contribution < -0.4 is 9.80 Å². The number of nitrogens with zero attached hydrogens (tertiary/aromatic N) is 2. The van der Waals surface area contributed by atoms with Crippen LogP contribution in [0.3, 0.4) is 0 Å². The highest BCUT2D eigenvalue weighted by Gasteiger charge is 2.46. The van der Waals surface area contributed by atoms with Gasteiger partial charge in [0.1, 0.15) is 11.9 Å². The smallest absolute Gasteiger partial charge is 0.355 e. The average Bonchev–Trinajstić information content (AvgIpc) is 2.92. The molecule has 1 atom stereocenters. The monoisotopic (exact) mass is 482 g/mol. The third kappa shape index (κ3) is 4.77. The summed E-state index contributed by atoms with van der Waals surface area (Å²) in [4.78, 5) is 43.1. The molecule has 0 bridgehead atoms. The van der Waals surface area contributed by atoms with E-state index in [-0.39, 0.29) is 5.70 Å². The van der Waals surface area contributed by atoms with Crippen molar-refractivity contribution in [3.05, 3.63) is 113 Å². The van der Waals surface area contributed by atoms with Gasteiger partial charge in [-0.15, -0.1) is 0 Å². The van der Waals surface area contributed by atoms with Crippen molar-refractivity contribution in [3.8, 4) is 0 Å². The van der Waals surface area contributed by atoms with Gasteiger partial charge in [-0.2, -0.15) is 0 Å². The normalized spacial score (nSPS) is 15.9. The maximum Gasteiger partial charge on any atom is 0.355 e. The molecular weight excluding hydrogens is 456 g/mol. The van der Waals surface area contributed by atoms with Crippen molar-refractivity contribution in [1.82, 2.24) is 0 Å². The minimum Gasteiger partial charge on any atom is -0.465 e. The molecule has 7 heteroatoms. The number of ether oxygens (including phenoxy) is 2. The number of carbonyl (C=O) groups is 3. The zero-order chi connectivity index (χ0) is 25.7. The van der Waals surface area contributed by atoms with Crippen LogP contribution in [-0.2, 0) is 23.9 Å². The van der Waals surface area contributed by atoms with Gasteiger partial charge in [0.05, 0.1) is 14.2 Å². The summed E-state index contributed by atoms with van der Waals surface area (Å²) < 4.78 is 9.98. The van der Waals surface area contributed by atoms with Gasteiger partial charge in [0.25, 0.3) is 5.91 Å². The fourth-order valence-electron chi connectivity index (χ4n) is 4.07. The summed E-state index contributed by atoms with van der Waals surface area (Å²) in [6.45, 7) is 1.94. The molecule has 0 spiro atoms. The minimum atomic E-state index is -0.927. The van der Waals surface area contributed by atoms with Crippen LogP contribution in [0.25, 0.3) is 6.08 Å². The van der Waals surface area contributed by atoms with Crippen molar-refractivity contribution in [2.75, 3.05) is 24.0 Å². The van der Waals surface area contributed by atoms with Crippen LogP contribution in [0.1, 0.15) is 11.1 Å². The van der Waals surface area contributed by atoms with Crippen LogP contribution in [0.15, 0.2) is 102 Å². The molecule has 0 N–H and O–H groups in total. The number of hydrogen-bond acceptors (Lipinski definition) is 6. The Labute approximate surface area is 209 Å². The number of carbonyl (C=O) groups excluding carboxylic acids is 3. The van der Waals surface area contributed by atoms with E-state index in [4.69, 9.17) is 9.47 Å². The van der Waals surface area contributed by atoms with Crippen LogP contribution in [0.5, 0.6) is 0 Å². The quantitative estimate of drug-likeness (QED) is 0.381. The highest BCUT2D eigenvalue weighted by Crippen LogP contribution is 2.36. The second-order valence-electron chi connectivity index (χ2n) is 8.11. The van der Waals surface area contributed by atoms with Gasteiger partial charge >= 0.3 is 11.9 Å². The molecule has 1 aliphatic heterocycles. The third-order valence-corrected chi connectivity index (χ3v) is 5.81. The maximum absolute atomic E-state index is 13.9. The molecule has 0 fully saturated rings. The van der Waals surface area contributed by atoms with Gasteiger partial charge in [-0.25, -0.2) is 9.59 Å². The van der Waals surface area contributed by atoms with E-state index in [0.29, 0.717) is 11.4 Å². The van der Waals surface area contributed by atoms with Gasteiger partial charge in [0, 0.05) is 11.4 Å². The molecule has 3 aromatic rings. The van der Waals surface area contributed by atoms with Crippen molar-refractivity contribution in [2.24, 2.45) is 0 Å². The van der Waals surface area contributed by atoms with Crippen molar-refractivity contribution in [3.63, 3.8) is 0 Å². The lowest BCUT2D eigenvalue weighted by Crippen LogP contribution is -2.57. The van der Waals surface area contributed by atoms with Gasteiger partial charge in [0.15, 0.2) is 5.57 Å². The van der Waals surface area contributed by atoms with Crippen molar-refractivity contribution in [1.29, 1.82) is 0 Å². The first kappa shape index (κ1) is 24.5. The number of hydrogen-bond donors (Lipinski definition) is 0. The Bertz CT molecular complexity index is 1310. The first-order chi connectivity index (χ1) is 17.5. The van der Waals surface area contributed by atoms with Gasteiger partial charge in [-0.05, 0) is 42.8 Å². The molecule has 0 saturated heterocycles. The van der Waals surface area contributed by atoms with Crippen LogP contribution in [0.4, 0.5) is 11.4 Å². The van der Waals surface area contributed by atoms with E-state index in [1.54, 1.807) is 29.2 Å². The number of benzene rings is 3. The van der Waals surface area contributed by atoms with E-state index in [0.717, 1.165) is 11.1 Å².